The van der Waals surface area contributed by atoms with E-state index in [0.717, 1.165) is 0 Å². The average Bonchev–Trinajstić information content (AvgIpc) is 2.33. The summed E-state index contributed by atoms with van der Waals surface area (Å²) in [5.74, 6) is -1.16. The molecule has 0 aromatic heterocycles. The molecule has 0 fully saturated rings. The second-order valence-corrected chi connectivity index (χ2v) is 4.80. The van der Waals surface area contributed by atoms with Gasteiger partial charge in [-0.15, -0.1) is 0 Å². The smallest absolute Gasteiger partial charge is 0.179 e. The van der Waals surface area contributed by atoms with E-state index < -0.39 is 11.6 Å². The van der Waals surface area contributed by atoms with Crippen LogP contribution >= 0.6 is 27.5 Å². The van der Waals surface area contributed by atoms with Crippen LogP contribution in [0.3, 0.4) is 0 Å². The number of methoxy groups -OCH3 is 1. The van der Waals surface area contributed by atoms with E-state index in [1.807, 2.05) is 0 Å². The summed E-state index contributed by atoms with van der Waals surface area (Å²) in [6.45, 7) is 0. The van der Waals surface area contributed by atoms with Crippen LogP contribution in [0, 0.1) is 11.6 Å². The summed E-state index contributed by atoms with van der Waals surface area (Å²) in [5, 5.41) is 0.204. The fraction of sp³-hybridized carbons (Fsp3) is 0.0769. The highest BCUT2D eigenvalue weighted by atomic mass is 79.9. The maximum Gasteiger partial charge on any atom is 0.179 e. The molecule has 0 radical (unpaired) electrons. The van der Waals surface area contributed by atoms with E-state index in [9.17, 15) is 8.78 Å². The lowest BCUT2D eigenvalue weighted by Gasteiger charge is -2.12. The Morgan fingerprint density at radius 1 is 1.17 bits per heavy atom. The van der Waals surface area contributed by atoms with Crippen LogP contribution in [0.2, 0.25) is 5.02 Å². The van der Waals surface area contributed by atoms with Gasteiger partial charge in [0.05, 0.1) is 16.6 Å². The Balaban J connectivity index is 2.76. The second kappa shape index (κ2) is 5.24. The summed E-state index contributed by atoms with van der Waals surface area (Å²) in [6, 6.07) is 7.33. The topological polar surface area (TPSA) is 9.23 Å². The predicted molar refractivity (Wildman–Crippen MR) is 71.1 cm³/mol. The first-order chi connectivity index (χ1) is 8.56. The van der Waals surface area contributed by atoms with Crippen LogP contribution in [0.5, 0.6) is 5.75 Å². The average molecular weight is 334 g/mol. The number of hydrogen-bond donors (Lipinski definition) is 0. The molecule has 0 aliphatic carbocycles. The fourth-order valence-electron chi connectivity index (χ4n) is 1.68. The quantitative estimate of drug-likeness (QED) is 0.747. The molecule has 0 unspecified atom stereocenters. The van der Waals surface area contributed by atoms with E-state index in [4.69, 9.17) is 16.3 Å². The van der Waals surface area contributed by atoms with E-state index in [0.29, 0.717) is 0 Å². The van der Waals surface area contributed by atoms with E-state index in [-0.39, 0.29) is 26.4 Å². The Kier molecular flexibility index (Phi) is 3.88. The van der Waals surface area contributed by atoms with Crippen LogP contribution in [0.4, 0.5) is 8.78 Å². The molecule has 2 aromatic rings. The van der Waals surface area contributed by atoms with Crippen LogP contribution in [-0.4, -0.2) is 7.11 Å². The maximum atomic E-state index is 13.9. The molecule has 1 nitrogen and oxygen atoms in total. The largest absolute Gasteiger partial charge is 0.493 e. The van der Waals surface area contributed by atoms with Gasteiger partial charge in [-0.25, -0.2) is 8.78 Å². The lowest BCUT2D eigenvalue weighted by Crippen LogP contribution is -1.95. The first-order valence-electron chi connectivity index (χ1n) is 5.02. The number of halogens is 4. The molecule has 2 aromatic carbocycles. The molecule has 94 valence electrons. The summed E-state index contributed by atoms with van der Waals surface area (Å²) >= 11 is 9.00. The molecule has 0 bridgehead atoms. The van der Waals surface area contributed by atoms with E-state index in [1.165, 1.54) is 25.3 Å². The standard InChI is InChI=1S/C13H8BrClF2O/c1-18-13-7(5-6-8(14)12(13)17)11-9(15)3-2-4-10(11)16/h2-6H,1H3. The zero-order valence-electron chi connectivity index (χ0n) is 9.31. The van der Waals surface area contributed by atoms with Gasteiger partial charge in [0.25, 0.3) is 0 Å². The van der Waals surface area contributed by atoms with Crippen molar-refractivity contribution in [3.8, 4) is 16.9 Å². The third-order valence-corrected chi connectivity index (χ3v) is 3.41. The second-order valence-electron chi connectivity index (χ2n) is 3.54. The van der Waals surface area contributed by atoms with Crippen molar-refractivity contribution < 1.29 is 13.5 Å². The van der Waals surface area contributed by atoms with Crippen LogP contribution in [0.15, 0.2) is 34.8 Å². The Labute approximate surface area is 116 Å². The molecule has 5 heteroatoms. The van der Waals surface area contributed by atoms with E-state index in [2.05, 4.69) is 15.9 Å². The highest BCUT2D eigenvalue weighted by molar-refractivity contribution is 9.10. The summed E-state index contributed by atoms with van der Waals surface area (Å²) in [7, 11) is 1.32. The molecule has 0 heterocycles. The van der Waals surface area contributed by atoms with E-state index >= 15 is 0 Å². The van der Waals surface area contributed by atoms with Gasteiger partial charge in [-0.3, -0.25) is 0 Å². The van der Waals surface area contributed by atoms with Crippen LogP contribution < -0.4 is 4.74 Å². The zero-order valence-corrected chi connectivity index (χ0v) is 11.6. The minimum atomic E-state index is -0.589. The first-order valence-corrected chi connectivity index (χ1v) is 6.19. The van der Waals surface area contributed by atoms with Gasteiger partial charge >= 0.3 is 0 Å². The summed E-state index contributed by atoms with van der Waals surface area (Å²) in [6.07, 6.45) is 0. The molecular weight excluding hydrogens is 325 g/mol. The fourth-order valence-corrected chi connectivity index (χ4v) is 2.26. The number of ether oxygens (including phenoxy) is 1. The molecule has 0 N–H and O–H groups in total. The van der Waals surface area contributed by atoms with Crippen LogP contribution in [0.25, 0.3) is 11.1 Å². The van der Waals surface area contributed by atoms with E-state index in [1.54, 1.807) is 12.1 Å². The van der Waals surface area contributed by atoms with Crippen molar-refractivity contribution in [2.45, 2.75) is 0 Å². The van der Waals surface area contributed by atoms with Gasteiger partial charge in [-0.2, -0.15) is 0 Å². The molecule has 0 saturated carbocycles. The lowest BCUT2D eigenvalue weighted by molar-refractivity contribution is 0.387. The van der Waals surface area contributed by atoms with Gasteiger partial charge in [0, 0.05) is 11.1 Å². The predicted octanol–water partition coefficient (Wildman–Crippen LogP) is 5.06. The molecular formula is C13H8BrClF2O. The number of rotatable bonds is 2. The minimum absolute atomic E-state index is 0.0450. The third-order valence-electron chi connectivity index (χ3n) is 2.49. The molecule has 0 amide bonds. The Hall–Kier alpha value is -1.13. The van der Waals surface area contributed by atoms with Crippen molar-refractivity contribution in [3.63, 3.8) is 0 Å². The normalized spacial score (nSPS) is 10.5. The third kappa shape index (κ3) is 2.22. The molecule has 0 spiro atoms. The van der Waals surface area contributed by atoms with Gasteiger partial charge in [-0.05, 0) is 40.2 Å². The Bertz CT molecular complexity index is 582. The summed E-state index contributed by atoms with van der Waals surface area (Å²) in [4.78, 5) is 0. The summed E-state index contributed by atoms with van der Waals surface area (Å²) < 4.78 is 32.9. The molecule has 0 saturated heterocycles. The molecule has 2 rings (SSSR count). The van der Waals surface area contributed by atoms with Gasteiger partial charge < -0.3 is 4.74 Å². The monoisotopic (exact) mass is 332 g/mol. The van der Waals surface area contributed by atoms with Gasteiger partial charge in [-0.1, -0.05) is 17.7 Å². The van der Waals surface area contributed by atoms with Crippen molar-refractivity contribution in [3.05, 3.63) is 51.5 Å². The SMILES string of the molecule is COc1c(-c2c(F)cccc2Cl)ccc(Br)c1F. The molecule has 0 aliphatic heterocycles. The van der Waals surface area contributed by atoms with Crippen molar-refractivity contribution >= 4 is 27.5 Å². The van der Waals surface area contributed by atoms with Gasteiger partial charge in [0.15, 0.2) is 11.6 Å². The van der Waals surface area contributed by atoms with Gasteiger partial charge in [0.2, 0.25) is 0 Å². The van der Waals surface area contributed by atoms with Crippen molar-refractivity contribution in [1.82, 2.24) is 0 Å². The molecule has 18 heavy (non-hydrogen) atoms. The van der Waals surface area contributed by atoms with Gasteiger partial charge in [0.1, 0.15) is 5.82 Å². The highest BCUT2D eigenvalue weighted by Crippen LogP contribution is 2.40. The molecule has 0 aliphatic rings. The maximum absolute atomic E-state index is 13.9. The minimum Gasteiger partial charge on any atom is -0.493 e. The van der Waals surface area contributed by atoms with Crippen LogP contribution in [0.1, 0.15) is 0 Å². The number of benzene rings is 2. The zero-order chi connectivity index (χ0) is 13.3. The Morgan fingerprint density at radius 2 is 1.89 bits per heavy atom. The van der Waals surface area contributed by atoms with Crippen molar-refractivity contribution in [2.75, 3.05) is 7.11 Å². The van der Waals surface area contributed by atoms with Crippen molar-refractivity contribution in [1.29, 1.82) is 0 Å². The molecule has 0 atom stereocenters. The van der Waals surface area contributed by atoms with Crippen molar-refractivity contribution in [2.24, 2.45) is 0 Å². The Morgan fingerprint density at radius 3 is 2.50 bits per heavy atom. The lowest BCUT2D eigenvalue weighted by atomic mass is 10.0. The number of hydrogen-bond acceptors (Lipinski definition) is 1. The summed E-state index contributed by atoms with van der Waals surface area (Å²) in [5.41, 5.74) is 0.406. The van der Waals surface area contributed by atoms with Crippen LogP contribution in [-0.2, 0) is 0 Å². The highest BCUT2D eigenvalue weighted by Gasteiger charge is 2.18. The first kappa shape index (κ1) is 13.3.